The first-order chi connectivity index (χ1) is 9.08. The van der Waals surface area contributed by atoms with Crippen molar-refractivity contribution in [1.82, 2.24) is 5.32 Å². The van der Waals surface area contributed by atoms with Crippen molar-refractivity contribution in [3.05, 3.63) is 44.3 Å². The first-order valence-corrected chi connectivity index (χ1v) is 7.44. The number of nitrogens with one attached hydrogen (secondary N) is 1. The predicted octanol–water partition coefficient (Wildman–Crippen LogP) is 3.06. The summed E-state index contributed by atoms with van der Waals surface area (Å²) in [5.41, 5.74) is 0.905. The molecule has 0 bridgehead atoms. The van der Waals surface area contributed by atoms with Crippen LogP contribution in [0.4, 0.5) is 0 Å². The maximum atomic E-state index is 12.1. The lowest BCUT2D eigenvalue weighted by molar-refractivity contribution is -0.137. The van der Waals surface area contributed by atoms with Gasteiger partial charge >= 0.3 is 5.97 Å². The van der Waals surface area contributed by atoms with Gasteiger partial charge in [-0.3, -0.25) is 9.59 Å². The van der Waals surface area contributed by atoms with Crippen LogP contribution in [0.25, 0.3) is 0 Å². The number of thiophene rings is 2. The number of hydrogen-bond donors (Lipinski definition) is 2. The van der Waals surface area contributed by atoms with Gasteiger partial charge in [0.2, 0.25) is 0 Å². The van der Waals surface area contributed by atoms with E-state index in [9.17, 15) is 9.59 Å². The molecule has 0 spiro atoms. The molecular formula is C13H13NO3S2. The molecule has 0 aromatic carbocycles. The predicted molar refractivity (Wildman–Crippen MR) is 75.8 cm³/mol. The van der Waals surface area contributed by atoms with E-state index >= 15 is 0 Å². The largest absolute Gasteiger partial charge is 0.481 e. The van der Waals surface area contributed by atoms with Crippen molar-refractivity contribution in [2.45, 2.75) is 19.4 Å². The maximum Gasteiger partial charge on any atom is 0.305 e. The molecule has 1 atom stereocenters. The molecule has 0 fully saturated rings. The van der Waals surface area contributed by atoms with E-state index in [2.05, 4.69) is 5.32 Å². The lowest BCUT2D eigenvalue weighted by Crippen LogP contribution is -2.29. The van der Waals surface area contributed by atoms with Gasteiger partial charge in [-0.2, -0.15) is 0 Å². The number of carbonyl (C=O) groups is 2. The number of carbonyl (C=O) groups excluding carboxylic acids is 1. The quantitative estimate of drug-likeness (QED) is 0.891. The standard InChI is InChI=1S/C13H13NO3S2/c1-8-4-6-19-12(8)13(17)14-9(7-11(15)16)10-3-2-5-18-10/h2-6,9H,7H2,1H3,(H,14,17)(H,15,16). The number of aliphatic carboxylic acids is 1. The van der Waals surface area contributed by atoms with E-state index in [1.165, 1.54) is 22.7 Å². The molecule has 0 saturated carbocycles. The van der Waals surface area contributed by atoms with Gasteiger partial charge in [0.1, 0.15) is 0 Å². The number of carboxylic acid groups (broad SMARTS) is 1. The molecule has 1 amide bonds. The molecule has 2 aromatic rings. The smallest absolute Gasteiger partial charge is 0.305 e. The maximum absolute atomic E-state index is 12.1. The van der Waals surface area contributed by atoms with Crippen molar-refractivity contribution in [2.24, 2.45) is 0 Å². The summed E-state index contributed by atoms with van der Waals surface area (Å²) in [5, 5.41) is 15.4. The minimum Gasteiger partial charge on any atom is -0.481 e. The Bertz CT molecular complexity index is 574. The van der Waals surface area contributed by atoms with Crippen molar-refractivity contribution < 1.29 is 14.7 Å². The molecule has 0 aliphatic carbocycles. The van der Waals surface area contributed by atoms with E-state index in [-0.39, 0.29) is 12.3 Å². The third-order valence-electron chi connectivity index (χ3n) is 2.64. The van der Waals surface area contributed by atoms with E-state index in [0.29, 0.717) is 4.88 Å². The molecule has 0 radical (unpaired) electrons. The fraction of sp³-hybridized carbons (Fsp3) is 0.231. The second-order valence-corrected chi connectivity index (χ2v) is 5.97. The van der Waals surface area contributed by atoms with Gasteiger partial charge < -0.3 is 10.4 Å². The first-order valence-electron chi connectivity index (χ1n) is 5.68. The number of amides is 1. The second kappa shape index (κ2) is 5.99. The van der Waals surface area contributed by atoms with Gasteiger partial charge in [-0.15, -0.1) is 22.7 Å². The lowest BCUT2D eigenvalue weighted by Gasteiger charge is -2.15. The molecule has 100 valence electrons. The van der Waals surface area contributed by atoms with Gasteiger partial charge in [0.15, 0.2) is 0 Å². The van der Waals surface area contributed by atoms with Crippen LogP contribution in [0.5, 0.6) is 0 Å². The lowest BCUT2D eigenvalue weighted by atomic mass is 10.1. The molecule has 19 heavy (non-hydrogen) atoms. The van der Waals surface area contributed by atoms with Crippen molar-refractivity contribution in [1.29, 1.82) is 0 Å². The van der Waals surface area contributed by atoms with Gasteiger partial charge in [-0.1, -0.05) is 6.07 Å². The topological polar surface area (TPSA) is 66.4 Å². The van der Waals surface area contributed by atoms with Crippen molar-refractivity contribution in [3.63, 3.8) is 0 Å². The molecule has 6 heteroatoms. The molecular weight excluding hydrogens is 282 g/mol. The molecule has 2 N–H and O–H groups in total. The summed E-state index contributed by atoms with van der Waals surface area (Å²) >= 11 is 2.80. The number of aryl methyl sites for hydroxylation is 1. The highest BCUT2D eigenvalue weighted by atomic mass is 32.1. The van der Waals surface area contributed by atoms with Crippen molar-refractivity contribution >= 4 is 34.6 Å². The SMILES string of the molecule is Cc1ccsc1C(=O)NC(CC(=O)O)c1cccs1. The monoisotopic (exact) mass is 295 g/mol. The normalized spacial score (nSPS) is 12.1. The van der Waals surface area contributed by atoms with Crippen LogP contribution in [0.1, 0.15) is 32.6 Å². The molecule has 4 nitrogen and oxygen atoms in total. The molecule has 2 rings (SSSR count). The van der Waals surface area contributed by atoms with E-state index in [1.54, 1.807) is 0 Å². The Labute approximate surface area is 118 Å². The Balaban J connectivity index is 2.15. The average Bonchev–Trinajstić information content (AvgIpc) is 2.97. The van der Waals surface area contributed by atoms with Crippen molar-refractivity contribution in [2.75, 3.05) is 0 Å². The first kappa shape index (κ1) is 13.8. The fourth-order valence-corrected chi connectivity index (χ4v) is 3.32. The fourth-order valence-electron chi connectivity index (χ4n) is 1.72. The van der Waals surface area contributed by atoms with Gasteiger partial charge in [-0.05, 0) is 35.4 Å². The Morgan fingerprint density at radius 1 is 1.32 bits per heavy atom. The van der Waals surface area contributed by atoms with Crippen LogP contribution in [0, 0.1) is 6.92 Å². The molecule has 2 aromatic heterocycles. The third-order valence-corrected chi connectivity index (χ3v) is 4.64. The summed E-state index contributed by atoms with van der Waals surface area (Å²) in [6.45, 7) is 1.86. The van der Waals surface area contributed by atoms with Gasteiger partial charge in [0.25, 0.3) is 5.91 Å². The van der Waals surface area contributed by atoms with Gasteiger partial charge in [0, 0.05) is 4.88 Å². The highest BCUT2D eigenvalue weighted by Gasteiger charge is 2.21. The zero-order valence-corrected chi connectivity index (χ0v) is 11.9. The van der Waals surface area contributed by atoms with Crippen LogP contribution >= 0.6 is 22.7 Å². The highest BCUT2D eigenvalue weighted by molar-refractivity contribution is 7.12. The van der Waals surface area contributed by atoms with E-state index < -0.39 is 12.0 Å². The minimum absolute atomic E-state index is 0.114. The molecule has 2 heterocycles. The minimum atomic E-state index is -0.929. The zero-order valence-electron chi connectivity index (χ0n) is 10.3. The Hall–Kier alpha value is -1.66. The molecule has 0 saturated heterocycles. The Kier molecular flexibility index (Phi) is 4.34. The summed E-state index contributed by atoms with van der Waals surface area (Å²) in [4.78, 5) is 24.5. The van der Waals surface area contributed by atoms with E-state index in [1.807, 2.05) is 35.9 Å². The summed E-state index contributed by atoms with van der Waals surface area (Å²) in [5.74, 6) is -1.14. The van der Waals surface area contributed by atoms with Crippen LogP contribution in [0.2, 0.25) is 0 Å². The van der Waals surface area contributed by atoms with Crippen LogP contribution in [0.15, 0.2) is 29.0 Å². The van der Waals surface area contributed by atoms with Gasteiger partial charge in [-0.25, -0.2) is 0 Å². The second-order valence-electron chi connectivity index (χ2n) is 4.07. The zero-order chi connectivity index (χ0) is 13.8. The summed E-state index contributed by atoms with van der Waals surface area (Å²) < 4.78 is 0. The van der Waals surface area contributed by atoms with Crippen LogP contribution in [0.3, 0.4) is 0 Å². The summed E-state index contributed by atoms with van der Waals surface area (Å²) in [6.07, 6.45) is -0.114. The van der Waals surface area contributed by atoms with Crippen LogP contribution in [-0.2, 0) is 4.79 Å². The Morgan fingerprint density at radius 3 is 2.63 bits per heavy atom. The van der Waals surface area contributed by atoms with Gasteiger partial charge in [0.05, 0.1) is 17.3 Å². The summed E-state index contributed by atoms with van der Waals surface area (Å²) in [7, 11) is 0. The van der Waals surface area contributed by atoms with Crippen molar-refractivity contribution in [3.8, 4) is 0 Å². The molecule has 1 unspecified atom stereocenters. The number of hydrogen-bond acceptors (Lipinski definition) is 4. The highest BCUT2D eigenvalue weighted by Crippen LogP contribution is 2.24. The molecule has 0 aliphatic heterocycles. The van der Waals surface area contributed by atoms with E-state index in [4.69, 9.17) is 5.11 Å². The van der Waals surface area contributed by atoms with Crippen LogP contribution in [-0.4, -0.2) is 17.0 Å². The number of rotatable bonds is 5. The third kappa shape index (κ3) is 3.42. The summed E-state index contributed by atoms with van der Waals surface area (Å²) in [6, 6.07) is 5.07. The van der Waals surface area contributed by atoms with E-state index in [0.717, 1.165) is 10.4 Å². The average molecular weight is 295 g/mol. The number of carboxylic acids is 1. The van der Waals surface area contributed by atoms with Crippen LogP contribution < -0.4 is 5.32 Å². The molecule has 0 aliphatic rings. The Morgan fingerprint density at radius 2 is 2.11 bits per heavy atom.